The number of carbonyl (C=O) groups is 1. The quantitative estimate of drug-likeness (QED) is 0.919. The van der Waals surface area contributed by atoms with Gasteiger partial charge < -0.3 is 10.2 Å². The zero-order valence-electron chi connectivity index (χ0n) is 13.0. The molecule has 0 radical (unpaired) electrons. The van der Waals surface area contributed by atoms with Crippen molar-refractivity contribution in [1.29, 1.82) is 0 Å². The average molecular weight is 351 g/mol. The van der Waals surface area contributed by atoms with Crippen molar-refractivity contribution in [2.24, 2.45) is 0 Å². The van der Waals surface area contributed by atoms with Gasteiger partial charge in [0.05, 0.1) is 6.04 Å². The summed E-state index contributed by atoms with van der Waals surface area (Å²) in [5.74, 6) is 0.129. The number of likely N-dealkylation sites (N-methyl/N-ethyl adjacent to an activating group) is 1. The lowest BCUT2D eigenvalue weighted by atomic mass is 9.95. The van der Waals surface area contributed by atoms with Gasteiger partial charge in [-0.05, 0) is 35.2 Å². The van der Waals surface area contributed by atoms with E-state index in [4.69, 9.17) is 11.6 Å². The maximum absolute atomic E-state index is 12.6. The predicted octanol–water partition coefficient (Wildman–Crippen LogP) is 3.43. The van der Waals surface area contributed by atoms with Gasteiger partial charge >= 0.3 is 0 Å². The lowest BCUT2D eigenvalue weighted by Crippen LogP contribution is -2.48. The molecule has 1 unspecified atom stereocenters. The zero-order chi connectivity index (χ0) is 15.5. The molecule has 1 heterocycles. The van der Waals surface area contributed by atoms with E-state index in [1.807, 2.05) is 43.4 Å². The van der Waals surface area contributed by atoms with E-state index in [-0.39, 0.29) is 24.4 Å². The summed E-state index contributed by atoms with van der Waals surface area (Å²) in [5.41, 5.74) is 3.63. The first-order valence-corrected chi connectivity index (χ1v) is 7.81. The summed E-state index contributed by atoms with van der Waals surface area (Å²) in [5, 5.41) is 4.05. The number of halogens is 2. The molecule has 0 fully saturated rings. The van der Waals surface area contributed by atoms with Crippen molar-refractivity contribution in [2.45, 2.75) is 25.6 Å². The summed E-state index contributed by atoms with van der Waals surface area (Å²) in [7, 11) is 1.85. The molecular weight excluding hydrogens is 331 g/mol. The van der Waals surface area contributed by atoms with Gasteiger partial charge in [0.1, 0.15) is 0 Å². The SMILES string of the molecule is CN(Cc1ccc(Cl)cc1)C(=O)C1Cc2ccccc2CN1.Cl. The van der Waals surface area contributed by atoms with Gasteiger partial charge in [0.25, 0.3) is 0 Å². The molecule has 3 nitrogen and oxygen atoms in total. The Hall–Kier alpha value is -1.55. The van der Waals surface area contributed by atoms with Crippen molar-refractivity contribution in [2.75, 3.05) is 7.05 Å². The van der Waals surface area contributed by atoms with E-state index in [0.29, 0.717) is 11.6 Å². The first kappa shape index (κ1) is 17.8. The zero-order valence-corrected chi connectivity index (χ0v) is 14.5. The van der Waals surface area contributed by atoms with Crippen LogP contribution in [0.4, 0.5) is 0 Å². The van der Waals surface area contributed by atoms with E-state index in [9.17, 15) is 4.79 Å². The monoisotopic (exact) mass is 350 g/mol. The van der Waals surface area contributed by atoms with Crippen molar-refractivity contribution in [3.8, 4) is 0 Å². The highest BCUT2D eigenvalue weighted by Crippen LogP contribution is 2.18. The molecule has 1 aliphatic heterocycles. The molecule has 1 aliphatic rings. The first-order valence-electron chi connectivity index (χ1n) is 7.43. The highest BCUT2D eigenvalue weighted by molar-refractivity contribution is 6.30. The molecule has 0 saturated heterocycles. The summed E-state index contributed by atoms with van der Waals surface area (Å²) in [4.78, 5) is 14.4. The summed E-state index contributed by atoms with van der Waals surface area (Å²) >= 11 is 5.89. The van der Waals surface area contributed by atoms with E-state index < -0.39 is 0 Å². The Morgan fingerprint density at radius 1 is 1.17 bits per heavy atom. The Balaban J connectivity index is 0.00000192. The minimum Gasteiger partial charge on any atom is -0.340 e. The lowest BCUT2D eigenvalue weighted by molar-refractivity contribution is -0.132. The fraction of sp³-hybridized carbons (Fsp3) is 0.278. The Labute approximate surface area is 148 Å². The van der Waals surface area contributed by atoms with Crippen LogP contribution in [0.1, 0.15) is 16.7 Å². The van der Waals surface area contributed by atoms with Crippen LogP contribution in [0.2, 0.25) is 5.02 Å². The Bertz CT molecular complexity index is 673. The van der Waals surface area contributed by atoms with Gasteiger partial charge in [-0.15, -0.1) is 12.4 Å². The number of hydrogen-bond donors (Lipinski definition) is 1. The van der Waals surface area contributed by atoms with E-state index in [2.05, 4.69) is 17.4 Å². The molecule has 1 atom stereocenters. The third-order valence-corrected chi connectivity index (χ3v) is 4.34. The Kier molecular flexibility index (Phi) is 6.05. The number of carbonyl (C=O) groups excluding carboxylic acids is 1. The van der Waals surface area contributed by atoms with Crippen LogP contribution in [-0.2, 0) is 24.3 Å². The minimum absolute atomic E-state index is 0. The molecular formula is C18H20Cl2N2O. The summed E-state index contributed by atoms with van der Waals surface area (Å²) in [6.45, 7) is 1.34. The number of benzene rings is 2. The Morgan fingerprint density at radius 2 is 1.83 bits per heavy atom. The van der Waals surface area contributed by atoms with Crippen molar-refractivity contribution in [3.63, 3.8) is 0 Å². The molecule has 1 N–H and O–H groups in total. The van der Waals surface area contributed by atoms with E-state index in [0.717, 1.165) is 18.5 Å². The van der Waals surface area contributed by atoms with Crippen LogP contribution in [0.5, 0.6) is 0 Å². The molecule has 0 aromatic heterocycles. The van der Waals surface area contributed by atoms with Gasteiger partial charge in [-0.1, -0.05) is 48.0 Å². The van der Waals surface area contributed by atoms with Gasteiger partial charge in [-0.3, -0.25) is 4.79 Å². The second kappa shape index (κ2) is 7.82. The predicted molar refractivity (Wildman–Crippen MR) is 95.9 cm³/mol. The third-order valence-electron chi connectivity index (χ3n) is 4.09. The molecule has 122 valence electrons. The van der Waals surface area contributed by atoms with Gasteiger partial charge in [-0.2, -0.15) is 0 Å². The highest BCUT2D eigenvalue weighted by atomic mass is 35.5. The van der Waals surface area contributed by atoms with Crippen LogP contribution in [0.15, 0.2) is 48.5 Å². The van der Waals surface area contributed by atoms with Gasteiger partial charge in [0.15, 0.2) is 0 Å². The average Bonchev–Trinajstić information content (AvgIpc) is 2.55. The lowest BCUT2D eigenvalue weighted by Gasteiger charge is -2.29. The summed E-state index contributed by atoms with van der Waals surface area (Å²) < 4.78 is 0. The second-order valence-corrected chi connectivity index (χ2v) is 6.16. The van der Waals surface area contributed by atoms with E-state index in [1.165, 1.54) is 11.1 Å². The molecule has 0 bridgehead atoms. The number of hydrogen-bond acceptors (Lipinski definition) is 2. The smallest absolute Gasteiger partial charge is 0.240 e. The van der Waals surface area contributed by atoms with E-state index in [1.54, 1.807) is 4.90 Å². The van der Waals surface area contributed by atoms with Crippen LogP contribution in [0.25, 0.3) is 0 Å². The van der Waals surface area contributed by atoms with Gasteiger partial charge in [0.2, 0.25) is 5.91 Å². The van der Waals surface area contributed by atoms with Crippen LogP contribution < -0.4 is 5.32 Å². The minimum atomic E-state index is -0.146. The fourth-order valence-corrected chi connectivity index (χ4v) is 2.96. The molecule has 2 aromatic carbocycles. The molecule has 23 heavy (non-hydrogen) atoms. The van der Waals surface area contributed by atoms with Crippen LogP contribution >= 0.6 is 24.0 Å². The number of nitrogens with zero attached hydrogens (tertiary/aromatic N) is 1. The number of amides is 1. The van der Waals surface area contributed by atoms with E-state index >= 15 is 0 Å². The Morgan fingerprint density at radius 3 is 2.52 bits per heavy atom. The number of fused-ring (bicyclic) bond motifs is 1. The van der Waals surface area contributed by atoms with Crippen molar-refractivity contribution in [3.05, 3.63) is 70.2 Å². The maximum Gasteiger partial charge on any atom is 0.240 e. The molecule has 0 spiro atoms. The van der Waals surface area contributed by atoms with Crippen molar-refractivity contribution in [1.82, 2.24) is 10.2 Å². The van der Waals surface area contributed by atoms with Crippen LogP contribution in [0.3, 0.4) is 0 Å². The maximum atomic E-state index is 12.6. The molecule has 0 aliphatic carbocycles. The topological polar surface area (TPSA) is 32.3 Å². The molecule has 3 rings (SSSR count). The van der Waals surface area contributed by atoms with Crippen molar-refractivity contribution >= 4 is 29.9 Å². The highest BCUT2D eigenvalue weighted by Gasteiger charge is 2.26. The number of nitrogens with one attached hydrogen (secondary N) is 1. The van der Waals surface area contributed by atoms with Crippen LogP contribution in [-0.4, -0.2) is 23.9 Å². The van der Waals surface area contributed by atoms with Gasteiger partial charge in [-0.25, -0.2) is 0 Å². The molecule has 0 saturated carbocycles. The standard InChI is InChI=1S/C18H19ClN2O.ClH/c1-21(12-13-6-8-16(19)9-7-13)18(22)17-10-14-4-2-3-5-15(14)11-20-17;/h2-9,17,20H,10-12H2,1H3;1H. The largest absolute Gasteiger partial charge is 0.340 e. The fourth-order valence-electron chi connectivity index (χ4n) is 2.84. The normalized spacial score (nSPS) is 16.2. The second-order valence-electron chi connectivity index (χ2n) is 5.73. The third kappa shape index (κ3) is 4.25. The van der Waals surface area contributed by atoms with Gasteiger partial charge in [0, 0.05) is 25.2 Å². The summed E-state index contributed by atoms with van der Waals surface area (Å²) in [6, 6.07) is 15.8. The van der Waals surface area contributed by atoms with Crippen LogP contribution in [0, 0.1) is 0 Å². The summed E-state index contributed by atoms with van der Waals surface area (Å²) in [6.07, 6.45) is 0.750. The number of rotatable bonds is 3. The van der Waals surface area contributed by atoms with Crippen molar-refractivity contribution < 1.29 is 4.79 Å². The molecule has 1 amide bonds. The molecule has 2 aromatic rings. The first-order chi connectivity index (χ1) is 10.6. The molecule has 5 heteroatoms.